The maximum absolute atomic E-state index is 13.2. The van der Waals surface area contributed by atoms with Crippen molar-refractivity contribution in [3.8, 4) is 0 Å². The fourth-order valence-corrected chi connectivity index (χ4v) is 4.69. The van der Waals surface area contributed by atoms with Gasteiger partial charge in [-0.05, 0) is 42.7 Å². The van der Waals surface area contributed by atoms with Gasteiger partial charge in [0.05, 0.1) is 0 Å². The molecule has 1 fully saturated rings. The predicted octanol–water partition coefficient (Wildman–Crippen LogP) is 3.20. The van der Waals surface area contributed by atoms with Crippen LogP contribution in [0.3, 0.4) is 0 Å². The minimum absolute atomic E-state index is 0.0326. The second-order valence-corrected chi connectivity index (χ2v) is 8.17. The van der Waals surface area contributed by atoms with E-state index in [2.05, 4.69) is 5.32 Å². The Morgan fingerprint density at radius 3 is 2.83 bits per heavy atom. The highest BCUT2D eigenvalue weighted by atomic mass is 16.3. The number of furan rings is 1. The fourth-order valence-electron chi connectivity index (χ4n) is 4.69. The molecule has 0 saturated carbocycles. The van der Waals surface area contributed by atoms with Crippen molar-refractivity contribution in [2.24, 2.45) is 5.92 Å². The molecular formula is C23H23N3O4. The van der Waals surface area contributed by atoms with E-state index in [1.165, 1.54) is 0 Å². The highest BCUT2D eigenvalue weighted by Gasteiger charge is 2.37. The van der Waals surface area contributed by atoms with Crippen LogP contribution in [0.1, 0.15) is 41.9 Å². The first kappa shape index (κ1) is 18.7. The molecule has 0 aliphatic carbocycles. The van der Waals surface area contributed by atoms with Crippen molar-refractivity contribution in [1.82, 2.24) is 9.47 Å². The van der Waals surface area contributed by atoms with Crippen molar-refractivity contribution >= 4 is 28.5 Å². The Kier molecular flexibility index (Phi) is 4.46. The fraction of sp³-hybridized carbons (Fsp3) is 0.348. The SMILES string of the molecule is CCC(=O)Nc1ccc2oc(C(=O)N3C[C@@H]4C[C@H](C3)c3cccc(=O)n3C4)cc2c1. The predicted molar refractivity (Wildman–Crippen MR) is 113 cm³/mol. The average molecular weight is 405 g/mol. The topological polar surface area (TPSA) is 84.6 Å². The summed E-state index contributed by atoms with van der Waals surface area (Å²) in [4.78, 5) is 38.8. The summed E-state index contributed by atoms with van der Waals surface area (Å²) in [5.74, 6) is 0.533. The minimum Gasteiger partial charge on any atom is -0.451 e. The highest BCUT2D eigenvalue weighted by molar-refractivity contribution is 5.98. The third kappa shape index (κ3) is 3.20. The smallest absolute Gasteiger partial charge is 0.289 e. The van der Waals surface area contributed by atoms with E-state index in [-0.39, 0.29) is 29.2 Å². The standard InChI is InChI=1S/C23H23N3O4/c1-2-21(27)24-17-6-7-19-15(9-17)10-20(30-19)23(29)25-11-14-8-16(13-25)18-4-3-5-22(28)26(18)12-14/h3-7,9-10,14,16H,2,8,11-13H2,1H3,(H,24,27)/t14-,16+/m0/s1. The molecule has 2 aliphatic heterocycles. The van der Waals surface area contributed by atoms with Crippen LogP contribution in [0.4, 0.5) is 5.69 Å². The van der Waals surface area contributed by atoms with Gasteiger partial charge in [0.2, 0.25) is 5.91 Å². The van der Waals surface area contributed by atoms with E-state index >= 15 is 0 Å². The Hall–Kier alpha value is -3.35. The van der Waals surface area contributed by atoms with Crippen LogP contribution >= 0.6 is 0 Å². The number of carbonyl (C=O) groups excluding carboxylic acids is 2. The number of carbonyl (C=O) groups is 2. The molecule has 154 valence electrons. The van der Waals surface area contributed by atoms with Gasteiger partial charge >= 0.3 is 0 Å². The molecule has 2 amide bonds. The molecule has 7 nitrogen and oxygen atoms in total. The first-order valence-electron chi connectivity index (χ1n) is 10.3. The lowest BCUT2D eigenvalue weighted by molar-refractivity contribution is -0.115. The lowest BCUT2D eigenvalue weighted by Gasteiger charge is -2.42. The molecule has 2 atom stereocenters. The molecule has 0 radical (unpaired) electrons. The molecule has 2 aromatic heterocycles. The van der Waals surface area contributed by atoms with Gasteiger partial charge in [0.1, 0.15) is 5.58 Å². The molecule has 0 unspecified atom stereocenters. The quantitative estimate of drug-likeness (QED) is 0.725. The van der Waals surface area contributed by atoms with Gasteiger partial charge < -0.3 is 19.2 Å². The van der Waals surface area contributed by atoms with Crippen LogP contribution < -0.4 is 10.9 Å². The summed E-state index contributed by atoms with van der Waals surface area (Å²) < 4.78 is 7.68. The zero-order chi connectivity index (χ0) is 20.8. The Morgan fingerprint density at radius 2 is 2.00 bits per heavy atom. The van der Waals surface area contributed by atoms with Crippen LogP contribution in [-0.4, -0.2) is 34.4 Å². The number of aromatic nitrogens is 1. The third-order valence-corrected chi connectivity index (χ3v) is 6.10. The van der Waals surface area contributed by atoms with E-state index in [4.69, 9.17) is 4.42 Å². The number of hydrogen-bond acceptors (Lipinski definition) is 4. The summed E-state index contributed by atoms with van der Waals surface area (Å²) in [6.07, 6.45) is 1.40. The van der Waals surface area contributed by atoms with Crippen LogP contribution in [0, 0.1) is 5.92 Å². The van der Waals surface area contributed by atoms with E-state index in [1.54, 1.807) is 37.3 Å². The van der Waals surface area contributed by atoms with Gasteiger partial charge in [-0.25, -0.2) is 0 Å². The van der Waals surface area contributed by atoms with Crippen LogP contribution in [0.5, 0.6) is 0 Å². The number of nitrogens with one attached hydrogen (secondary N) is 1. The molecule has 5 rings (SSSR count). The van der Waals surface area contributed by atoms with Crippen LogP contribution in [0.15, 0.2) is 51.7 Å². The van der Waals surface area contributed by atoms with E-state index < -0.39 is 0 Å². The second-order valence-electron chi connectivity index (χ2n) is 8.17. The van der Waals surface area contributed by atoms with Crippen molar-refractivity contribution in [3.63, 3.8) is 0 Å². The Labute approximate surface area is 173 Å². The second kappa shape index (κ2) is 7.16. The van der Waals surface area contributed by atoms with Crippen molar-refractivity contribution in [1.29, 1.82) is 0 Å². The lowest BCUT2D eigenvalue weighted by Crippen LogP contribution is -2.49. The van der Waals surface area contributed by atoms with Gasteiger partial charge in [-0.15, -0.1) is 0 Å². The lowest BCUT2D eigenvalue weighted by atomic mass is 9.83. The summed E-state index contributed by atoms with van der Waals surface area (Å²) in [5, 5.41) is 3.60. The number of amides is 2. The van der Waals surface area contributed by atoms with E-state index in [1.807, 2.05) is 21.6 Å². The number of anilines is 1. The molecule has 1 saturated heterocycles. The van der Waals surface area contributed by atoms with Crippen molar-refractivity contribution in [2.75, 3.05) is 18.4 Å². The van der Waals surface area contributed by atoms with Crippen LogP contribution in [0.25, 0.3) is 11.0 Å². The largest absolute Gasteiger partial charge is 0.451 e. The molecule has 1 aromatic carbocycles. The van der Waals surface area contributed by atoms with E-state index in [0.29, 0.717) is 43.1 Å². The molecule has 2 aliphatic rings. The summed E-state index contributed by atoms with van der Waals surface area (Å²) in [6.45, 7) is 3.64. The number of rotatable bonds is 3. The molecule has 4 heterocycles. The number of nitrogens with zero attached hydrogens (tertiary/aromatic N) is 2. The van der Waals surface area contributed by atoms with Gasteiger partial charge in [-0.2, -0.15) is 0 Å². The normalized spacial score (nSPS) is 20.1. The summed E-state index contributed by atoms with van der Waals surface area (Å²) in [5.41, 5.74) is 2.34. The molecule has 30 heavy (non-hydrogen) atoms. The van der Waals surface area contributed by atoms with Gasteiger partial charge in [0.15, 0.2) is 5.76 Å². The van der Waals surface area contributed by atoms with Gasteiger partial charge in [-0.1, -0.05) is 13.0 Å². The molecule has 3 aromatic rings. The van der Waals surface area contributed by atoms with E-state index in [0.717, 1.165) is 17.5 Å². The van der Waals surface area contributed by atoms with Crippen molar-refractivity contribution in [3.05, 3.63) is 64.3 Å². The molecular weight excluding hydrogens is 382 g/mol. The Bertz CT molecular complexity index is 1210. The number of pyridine rings is 1. The Morgan fingerprint density at radius 1 is 1.13 bits per heavy atom. The maximum atomic E-state index is 13.2. The monoisotopic (exact) mass is 405 g/mol. The summed E-state index contributed by atoms with van der Waals surface area (Å²) >= 11 is 0. The summed E-state index contributed by atoms with van der Waals surface area (Å²) in [7, 11) is 0. The van der Waals surface area contributed by atoms with Gasteiger partial charge in [0.25, 0.3) is 11.5 Å². The minimum atomic E-state index is -0.133. The van der Waals surface area contributed by atoms with Crippen LogP contribution in [-0.2, 0) is 11.3 Å². The molecule has 0 spiro atoms. The first-order valence-corrected chi connectivity index (χ1v) is 10.3. The van der Waals surface area contributed by atoms with Crippen molar-refractivity contribution in [2.45, 2.75) is 32.2 Å². The maximum Gasteiger partial charge on any atom is 0.289 e. The number of benzene rings is 1. The van der Waals surface area contributed by atoms with Gasteiger partial charge in [0, 0.05) is 54.8 Å². The molecule has 7 heteroatoms. The first-order chi connectivity index (χ1) is 14.5. The highest BCUT2D eigenvalue weighted by Crippen LogP contribution is 2.36. The zero-order valence-electron chi connectivity index (χ0n) is 16.8. The van der Waals surface area contributed by atoms with Crippen LogP contribution in [0.2, 0.25) is 0 Å². The third-order valence-electron chi connectivity index (χ3n) is 6.10. The van der Waals surface area contributed by atoms with E-state index in [9.17, 15) is 14.4 Å². The summed E-state index contributed by atoms with van der Waals surface area (Å²) in [6, 6.07) is 12.5. The number of hydrogen-bond donors (Lipinski definition) is 1. The zero-order valence-corrected chi connectivity index (χ0v) is 16.8. The number of likely N-dealkylation sites (tertiary alicyclic amines) is 1. The molecule has 2 bridgehead atoms. The van der Waals surface area contributed by atoms with Gasteiger partial charge in [-0.3, -0.25) is 14.4 Å². The average Bonchev–Trinajstić information content (AvgIpc) is 3.17. The number of fused-ring (bicyclic) bond motifs is 5. The Balaban J connectivity index is 1.39. The number of piperidine rings is 1. The van der Waals surface area contributed by atoms with Crippen molar-refractivity contribution < 1.29 is 14.0 Å². The molecule has 1 N–H and O–H groups in total.